The van der Waals surface area contributed by atoms with Crippen LogP contribution < -0.4 is 11.1 Å². The second kappa shape index (κ2) is 9.90. The number of nitrogens with one attached hydrogen (secondary N) is 1. The van der Waals surface area contributed by atoms with Crippen LogP contribution in [0.4, 0.5) is 0 Å². The van der Waals surface area contributed by atoms with Crippen molar-refractivity contribution >= 4 is 29.3 Å². The summed E-state index contributed by atoms with van der Waals surface area (Å²) in [4.78, 5) is 50.3. The average Bonchev–Trinajstić information content (AvgIpc) is 3.35. The molecule has 1 aromatic carbocycles. The van der Waals surface area contributed by atoms with Crippen LogP contribution in [0.25, 0.3) is 0 Å². The first-order chi connectivity index (χ1) is 15.3. The molecule has 0 saturated carbocycles. The second-order valence-corrected chi connectivity index (χ2v) is 7.44. The predicted octanol–water partition coefficient (Wildman–Crippen LogP) is 0.991. The molecule has 4 amide bonds. The molecule has 2 heterocycles. The van der Waals surface area contributed by atoms with Gasteiger partial charge in [-0.1, -0.05) is 30.3 Å². The molecule has 3 rings (SSSR count). The van der Waals surface area contributed by atoms with Crippen LogP contribution in [0.1, 0.15) is 40.0 Å². The lowest BCUT2D eigenvalue weighted by atomic mass is 9.99. The number of carbonyl (C=O) groups excluding carboxylic acids is 4. The summed E-state index contributed by atoms with van der Waals surface area (Å²) in [6, 6.07) is 12.1. The zero-order valence-electron chi connectivity index (χ0n) is 17.9. The van der Waals surface area contributed by atoms with E-state index in [9.17, 15) is 19.2 Å². The van der Waals surface area contributed by atoms with Crippen molar-refractivity contribution < 1.29 is 23.6 Å². The molecule has 32 heavy (non-hydrogen) atoms. The van der Waals surface area contributed by atoms with Gasteiger partial charge in [-0.15, -0.1) is 0 Å². The topological polar surface area (TPSA) is 138 Å². The number of primary amides is 1. The van der Waals surface area contributed by atoms with Crippen LogP contribution in [-0.2, 0) is 16.1 Å². The van der Waals surface area contributed by atoms with Crippen LogP contribution in [0.15, 0.2) is 52.0 Å². The van der Waals surface area contributed by atoms with E-state index in [2.05, 4.69) is 10.4 Å². The molecule has 0 fully saturated rings. The normalized spacial score (nSPS) is 15.4. The molecule has 1 aromatic heterocycles. The summed E-state index contributed by atoms with van der Waals surface area (Å²) < 4.78 is 5.11. The maximum Gasteiger partial charge on any atom is 0.287 e. The first-order valence-corrected chi connectivity index (χ1v) is 10.1. The Bertz CT molecular complexity index is 1050. The lowest BCUT2D eigenvalue weighted by molar-refractivity contribution is -0.137. The fourth-order valence-corrected chi connectivity index (χ4v) is 3.38. The monoisotopic (exact) mass is 439 g/mol. The molecule has 0 radical (unpaired) electrons. The number of furan rings is 1. The highest BCUT2D eigenvalue weighted by molar-refractivity contribution is 6.09. The van der Waals surface area contributed by atoms with Gasteiger partial charge in [0.1, 0.15) is 0 Å². The SMILES string of the molecule is CC1=NN(C)C(=O)C1CC(=O)N(CCNC(=O)c1ccc(C(N)=O)o1)Cc1ccccc1. The fourth-order valence-electron chi connectivity index (χ4n) is 3.38. The van der Waals surface area contributed by atoms with E-state index in [1.54, 1.807) is 18.9 Å². The van der Waals surface area contributed by atoms with Gasteiger partial charge in [0.25, 0.3) is 17.7 Å². The molecule has 0 spiro atoms. The Morgan fingerprint density at radius 1 is 1.16 bits per heavy atom. The number of hydrogen-bond acceptors (Lipinski definition) is 6. The lowest BCUT2D eigenvalue weighted by Crippen LogP contribution is -2.40. The van der Waals surface area contributed by atoms with E-state index in [0.29, 0.717) is 12.3 Å². The molecule has 1 atom stereocenters. The van der Waals surface area contributed by atoms with Gasteiger partial charge in [0.2, 0.25) is 5.91 Å². The maximum absolute atomic E-state index is 13.0. The van der Waals surface area contributed by atoms with E-state index in [1.165, 1.54) is 17.1 Å². The molecule has 2 aromatic rings. The number of carbonyl (C=O) groups is 4. The third-order valence-electron chi connectivity index (χ3n) is 5.12. The number of hydrazone groups is 1. The Kier molecular flexibility index (Phi) is 7.04. The van der Waals surface area contributed by atoms with Gasteiger partial charge in [0.15, 0.2) is 11.5 Å². The van der Waals surface area contributed by atoms with Gasteiger partial charge in [-0.25, -0.2) is 5.01 Å². The van der Waals surface area contributed by atoms with Crippen molar-refractivity contribution in [2.75, 3.05) is 20.1 Å². The first-order valence-electron chi connectivity index (χ1n) is 10.1. The van der Waals surface area contributed by atoms with Gasteiger partial charge in [0, 0.05) is 38.8 Å². The van der Waals surface area contributed by atoms with Gasteiger partial charge in [-0.3, -0.25) is 19.2 Å². The molecule has 3 N–H and O–H groups in total. The molecule has 0 aliphatic carbocycles. The van der Waals surface area contributed by atoms with E-state index in [0.717, 1.165) is 5.56 Å². The van der Waals surface area contributed by atoms with Crippen LogP contribution in [0.3, 0.4) is 0 Å². The van der Waals surface area contributed by atoms with Crippen molar-refractivity contribution in [1.29, 1.82) is 0 Å². The van der Waals surface area contributed by atoms with Crippen molar-refractivity contribution in [3.8, 4) is 0 Å². The van der Waals surface area contributed by atoms with Crippen LogP contribution in [-0.4, -0.2) is 59.4 Å². The number of rotatable bonds is 9. The molecule has 0 saturated heterocycles. The quantitative estimate of drug-likeness (QED) is 0.600. The number of hydrogen-bond donors (Lipinski definition) is 2. The van der Waals surface area contributed by atoms with Gasteiger partial charge in [-0.05, 0) is 24.6 Å². The van der Waals surface area contributed by atoms with Gasteiger partial charge < -0.3 is 20.4 Å². The second-order valence-electron chi connectivity index (χ2n) is 7.44. The third-order valence-corrected chi connectivity index (χ3v) is 5.12. The molecule has 10 nitrogen and oxygen atoms in total. The number of nitrogens with two attached hydrogens (primary N) is 1. The number of nitrogens with zero attached hydrogens (tertiary/aromatic N) is 3. The van der Waals surface area contributed by atoms with E-state index in [-0.39, 0.29) is 42.8 Å². The van der Waals surface area contributed by atoms with E-state index >= 15 is 0 Å². The Labute approximate surface area is 185 Å². The average molecular weight is 439 g/mol. The van der Waals surface area contributed by atoms with E-state index < -0.39 is 17.7 Å². The smallest absolute Gasteiger partial charge is 0.287 e. The zero-order valence-corrected chi connectivity index (χ0v) is 17.9. The molecule has 168 valence electrons. The lowest BCUT2D eigenvalue weighted by Gasteiger charge is -2.24. The largest absolute Gasteiger partial charge is 0.446 e. The Balaban J connectivity index is 1.64. The highest BCUT2D eigenvalue weighted by Crippen LogP contribution is 2.19. The van der Waals surface area contributed by atoms with Crippen LogP contribution in [0.5, 0.6) is 0 Å². The van der Waals surface area contributed by atoms with E-state index in [1.807, 2.05) is 30.3 Å². The Hall–Kier alpha value is -3.95. The van der Waals surface area contributed by atoms with Gasteiger partial charge in [-0.2, -0.15) is 5.10 Å². The minimum absolute atomic E-state index is 0.000553. The minimum atomic E-state index is -0.769. The van der Waals surface area contributed by atoms with Crippen molar-refractivity contribution in [1.82, 2.24) is 15.2 Å². The minimum Gasteiger partial charge on any atom is -0.446 e. The Morgan fingerprint density at radius 2 is 1.84 bits per heavy atom. The molecule has 1 unspecified atom stereocenters. The van der Waals surface area contributed by atoms with Crippen molar-refractivity contribution in [3.05, 3.63) is 59.5 Å². The highest BCUT2D eigenvalue weighted by atomic mass is 16.4. The molecular weight excluding hydrogens is 414 g/mol. The molecular formula is C22H25N5O5. The Morgan fingerprint density at radius 3 is 2.44 bits per heavy atom. The summed E-state index contributed by atoms with van der Waals surface area (Å²) in [5.41, 5.74) is 6.64. The van der Waals surface area contributed by atoms with E-state index in [4.69, 9.17) is 10.2 Å². The number of benzene rings is 1. The molecule has 10 heteroatoms. The van der Waals surface area contributed by atoms with Gasteiger partial charge in [0.05, 0.1) is 5.92 Å². The van der Waals surface area contributed by atoms with Crippen LogP contribution in [0, 0.1) is 5.92 Å². The summed E-state index contributed by atoms with van der Waals surface area (Å²) in [7, 11) is 1.56. The summed E-state index contributed by atoms with van der Waals surface area (Å²) in [5.74, 6) is -2.48. The molecule has 1 aliphatic heterocycles. The summed E-state index contributed by atoms with van der Waals surface area (Å²) >= 11 is 0. The van der Waals surface area contributed by atoms with Crippen molar-refractivity contribution in [3.63, 3.8) is 0 Å². The number of amides is 4. The highest BCUT2D eigenvalue weighted by Gasteiger charge is 2.34. The van der Waals surface area contributed by atoms with Crippen molar-refractivity contribution in [2.24, 2.45) is 16.8 Å². The standard InChI is InChI=1S/C22H25N5O5/c1-14-16(22(31)26(2)25-14)12-19(28)27(13-15-6-4-3-5-7-15)11-10-24-21(30)18-9-8-17(32-18)20(23)29/h3-9,16H,10-13H2,1-2H3,(H2,23,29)(H,24,30). The van der Waals surface area contributed by atoms with Crippen LogP contribution >= 0.6 is 0 Å². The molecule has 1 aliphatic rings. The maximum atomic E-state index is 13.0. The summed E-state index contributed by atoms with van der Waals surface area (Å²) in [6.07, 6.45) is -0.000553. The summed E-state index contributed by atoms with van der Waals surface area (Å²) in [5, 5.41) is 8.02. The zero-order chi connectivity index (χ0) is 23.3. The first kappa shape index (κ1) is 22.7. The summed E-state index contributed by atoms with van der Waals surface area (Å²) in [6.45, 7) is 2.42. The third kappa shape index (κ3) is 5.39. The fraction of sp³-hybridized carbons (Fsp3) is 0.318. The predicted molar refractivity (Wildman–Crippen MR) is 115 cm³/mol. The molecule has 0 bridgehead atoms. The van der Waals surface area contributed by atoms with Crippen molar-refractivity contribution in [2.45, 2.75) is 19.9 Å². The van der Waals surface area contributed by atoms with Gasteiger partial charge >= 0.3 is 0 Å². The van der Waals surface area contributed by atoms with Crippen LogP contribution in [0.2, 0.25) is 0 Å².